The summed E-state index contributed by atoms with van der Waals surface area (Å²) in [5.41, 5.74) is 5.52. The quantitative estimate of drug-likeness (QED) is 0.785. The van der Waals surface area contributed by atoms with Gasteiger partial charge in [-0.3, -0.25) is 0 Å². The first-order valence-electron chi connectivity index (χ1n) is 5.40. The zero-order valence-corrected chi connectivity index (χ0v) is 9.52. The lowest BCUT2D eigenvalue weighted by Gasteiger charge is -2.31. The number of rotatable bonds is 5. The maximum Gasteiger partial charge on any atom is 0.390 e. The van der Waals surface area contributed by atoms with E-state index in [4.69, 9.17) is 10.5 Å². The number of nitrogens with zero attached hydrogens (tertiary/aromatic N) is 1. The fourth-order valence-electron chi connectivity index (χ4n) is 1.97. The van der Waals surface area contributed by atoms with E-state index in [1.165, 1.54) is 0 Å². The summed E-state index contributed by atoms with van der Waals surface area (Å²) in [6.07, 6.45) is -4.03. The average Bonchev–Trinajstić information content (AvgIpc) is 2.63. The molecule has 6 heteroatoms. The second-order valence-corrected chi connectivity index (χ2v) is 4.61. The molecular formula is C10H19F3N2O. The molecule has 1 fully saturated rings. The van der Waals surface area contributed by atoms with Crippen molar-refractivity contribution in [2.75, 3.05) is 39.9 Å². The third-order valence-electron chi connectivity index (χ3n) is 3.00. The van der Waals surface area contributed by atoms with Gasteiger partial charge >= 0.3 is 6.18 Å². The summed E-state index contributed by atoms with van der Waals surface area (Å²) in [4.78, 5) is 1.69. The molecule has 96 valence electrons. The highest BCUT2D eigenvalue weighted by molar-refractivity contribution is 4.86. The standard InChI is InChI=1S/C10H19F3N2O/c1-15(4-2-10(11,12)13)7-9(6-14)3-5-16-8-9/h2-8,14H2,1H3. The highest BCUT2D eigenvalue weighted by Gasteiger charge is 2.35. The van der Waals surface area contributed by atoms with Crippen LogP contribution in [0.3, 0.4) is 0 Å². The molecule has 1 aliphatic rings. The fraction of sp³-hybridized carbons (Fsp3) is 1.00. The van der Waals surface area contributed by atoms with Crippen molar-refractivity contribution in [3.63, 3.8) is 0 Å². The molecule has 1 heterocycles. The second kappa shape index (κ2) is 5.33. The van der Waals surface area contributed by atoms with E-state index in [0.717, 1.165) is 6.42 Å². The van der Waals surface area contributed by atoms with Crippen molar-refractivity contribution < 1.29 is 17.9 Å². The third kappa shape index (κ3) is 4.27. The Morgan fingerprint density at radius 1 is 1.44 bits per heavy atom. The molecule has 0 radical (unpaired) electrons. The van der Waals surface area contributed by atoms with Crippen LogP contribution in [0, 0.1) is 5.41 Å². The van der Waals surface area contributed by atoms with Gasteiger partial charge in [0.1, 0.15) is 0 Å². The molecule has 0 aromatic heterocycles. The lowest BCUT2D eigenvalue weighted by atomic mass is 9.87. The van der Waals surface area contributed by atoms with E-state index in [-0.39, 0.29) is 12.0 Å². The average molecular weight is 240 g/mol. The molecular weight excluding hydrogens is 221 g/mol. The van der Waals surface area contributed by atoms with Crippen LogP contribution in [0.4, 0.5) is 13.2 Å². The van der Waals surface area contributed by atoms with Crippen molar-refractivity contribution in [3.8, 4) is 0 Å². The molecule has 1 atom stereocenters. The Bertz CT molecular complexity index is 215. The van der Waals surface area contributed by atoms with Crippen LogP contribution < -0.4 is 5.73 Å². The SMILES string of the molecule is CN(CCC(F)(F)F)CC1(CN)CCOC1. The van der Waals surface area contributed by atoms with E-state index < -0.39 is 12.6 Å². The van der Waals surface area contributed by atoms with Gasteiger partial charge in [-0.1, -0.05) is 0 Å². The van der Waals surface area contributed by atoms with Gasteiger partial charge in [0, 0.05) is 31.7 Å². The molecule has 0 spiro atoms. The summed E-state index contributed by atoms with van der Waals surface area (Å²) in [7, 11) is 1.70. The Hall–Kier alpha value is -0.330. The van der Waals surface area contributed by atoms with Gasteiger partial charge in [0.2, 0.25) is 0 Å². The molecule has 2 N–H and O–H groups in total. The normalized spacial score (nSPS) is 26.6. The lowest BCUT2D eigenvalue weighted by Crippen LogP contribution is -2.42. The third-order valence-corrected chi connectivity index (χ3v) is 3.00. The molecule has 1 rings (SSSR count). The zero-order valence-electron chi connectivity index (χ0n) is 9.52. The number of hydrogen-bond acceptors (Lipinski definition) is 3. The summed E-state index contributed by atoms with van der Waals surface area (Å²) in [5, 5.41) is 0. The number of nitrogens with two attached hydrogens (primary N) is 1. The van der Waals surface area contributed by atoms with Gasteiger partial charge in [0.15, 0.2) is 0 Å². The van der Waals surface area contributed by atoms with Gasteiger partial charge in [-0.15, -0.1) is 0 Å². The van der Waals surface area contributed by atoms with Gasteiger partial charge in [0.05, 0.1) is 13.0 Å². The van der Waals surface area contributed by atoms with Crippen LogP contribution in [-0.2, 0) is 4.74 Å². The first-order valence-corrected chi connectivity index (χ1v) is 5.40. The first-order chi connectivity index (χ1) is 7.37. The summed E-state index contributed by atoms with van der Waals surface area (Å²) in [6.45, 7) is 2.26. The second-order valence-electron chi connectivity index (χ2n) is 4.61. The van der Waals surface area contributed by atoms with Crippen LogP contribution in [-0.4, -0.2) is 51.0 Å². The topological polar surface area (TPSA) is 38.5 Å². The van der Waals surface area contributed by atoms with Gasteiger partial charge in [-0.05, 0) is 13.5 Å². The van der Waals surface area contributed by atoms with Gasteiger partial charge in [0.25, 0.3) is 0 Å². The minimum absolute atomic E-state index is 0.0191. The smallest absolute Gasteiger partial charge is 0.381 e. The number of hydrogen-bond donors (Lipinski definition) is 1. The van der Waals surface area contributed by atoms with E-state index in [1.807, 2.05) is 0 Å². The lowest BCUT2D eigenvalue weighted by molar-refractivity contribution is -0.138. The van der Waals surface area contributed by atoms with Crippen LogP contribution in [0.5, 0.6) is 0 Å². The molecule has 16 heavy (non-hydrogen) atoms. The fourth-order valence-corrected chi connectivity index (χ4v) is 1.97. The van der Waals surface area contributed by atoms with Crippen LogP contribution in [0.25, 0.3) is 0 Å². The van der Waals surface area contributed by atoms with E-state index in [0.29, 0.717) is 26.3 Å². The molecule has 0 amide bonds. The summed E-state index contributed by atoms with van der Waals surface area (Å²) >= 11 is 0. The van der Waals surface area contributed by atoms with Crippen LogP contribution in [0.2, 0.25) is 0 Å². The largest absolute Gasteiger partial charge is 0.390 e. The summed E-state index contributed by atoms with van der Waals surface area (Å²) < 4.78 is 41.4. The number of alkyl halides is 3. The molecule has 1 saturated heterocycles. The van der Waals surface area contributed by atoms with Crippen molar-refractivity contribution in [2.45, 2.75) is 19.0 Å². The van der Waals surface area contributed by atoms with E-state index >= 15 is 0 Å². The van der Waals surface area contributed by atoms with Crippen molar-refractivity contribution in [1.82, 2.24) is 4.90 Å². The van der Waals surface area contributed by atoms with Gasteiger partial charge < -0.3 is 15.4 Å². The van der Waals surface area contributed by atoms with Gasteiger partial charge in [-0.2, -0.15) is 13.2 Å². The van der Waals surface area contributed by atoms with Gasteiger partial charge in [-0.25, -0.2) is 0 Å². The maximum atomic E-state index is 12.0. The maximum absolute atomic E-state index is 12.0. The monoisotopic (exact) mass is 240 g/mol. The Morgan fingerprint density at radius 2 is 2.12 bits per heavy atom. The zero-order chi connectivity index (χ0) is 12.2. The van der Waals surface area contributed by atoms with E-state index in [9.17, 15) is 13.2 Å². The predicted molar refractivity (Wildman–Crippen MR) is 55.1 cm³/mol. The van der Waals surface area contributed by atoms with Crippen LogP contribution in [0.1, 0.15) is 12.8 Å². The van der Waals surface area contributed by atoms with E-state index in [1.54, 1.807) is 11.9 Å². The minimum atomic E-state index is -4.09. The molecule has 1 unspecified atom stereocenters. The van der Waals surface area contributed by atoms with Crippen molar-refractivity contribution >= 4 is 0 Å². The molecule has 1 aliphatic heterocycles. The Balaban J connectivity index is 2.35. The molecule has 0 saturated carbocycles. The minimum Gasteiger partial charge on any atom is -0.381 e. The van der Waals surface area contributed by atoms with Crippen molar-refractivity contribution in [2.24, 2.45) is 11.1 Å². The van der Waals surface area contributed by atoms with Crippen LogP contribution >= 0.6 is 0 Å². The Kier molecular flexibility index (Phi) is 4.58. The van der Waals surface area contributed by atoms with Crippen molar-refractivity contribution in [3.05, 3.63) is 0 Å². The number of halogens is 3. The molecule has 0 aromatic carbocycles. The van der Waals surface area contributed by atoms with E-state index in [2.05, 4.69) is 0 Å². The molecule has 0 bridgehead atoms. The highest BCUT2D eigenvalue weighted by Crippen LogP contribution is 2.28. The van der Waals surface area contributed by atoms with Crippen LogP contribution in [0.15, 0.2) is 0 Å². The van der Waals surface area contributed by atoms with Crippen molar-refractivity contribution in [1.29, 1.82) is 0 Å². The summed E-state index contributed by atoms with van der Waals surface area (Å²) in [5.74, 6) is 0. The Labute approximate surface area is 93.7 Å². The molecule has 0 aliphatic carbocycles. The first kappa shape index (κ1) is 13.7. The predicted octanol–water partition coefficient (Wildman–Crippen LogP) is 1.24. The Morgan fingerprint density at radius 3 is 2.56 bits per heavy atom. The number of ether oxygens (including phenoxy) is 1. The highest BCUT2D eigenvalue weighted by atomic mass is 19.4. The summed E-state index contributed by atoms with van der Waals surface area (Å²) in [6, 6.07) is 0. The molecule has 3 nitrogen and oxygen atoms in total. The molecule has 0 aromatic rings.